The number of benzene rings is 7. The Morgan fingerprint density at radius 1 is 0.365 bits per heavy atom. The summed E-state index contributed by atoms with van der Waals surface area (Å²) in [5, 5.41) is 0. The molecule has 8 fully saturated rings. The summed E-state index contributed by atoms with van der Waals surface area (Å²) in [5.41, 5.74) is 21.1. The molecule has 10 aliphatic rings. The molecule has 8 saturated carbocycles. The zero-order valence-electron chi connectivity index (χ0n) is 36.1. The fraction of sp³-hybridized carbons (Fsp3) is 0.300. The number of fused-ring (bicyclic) bond motifs is 4. The first-order valence-corrected chi connectivity index (χ1v) is 24.4. The van der Waals surface area contributed by atoms with E-state index < -0.39 is 0 Å². The molecule has 63 heavy (non-hydrogen) atoms. The van der Waals surface area contributed by atoms with Crippen molar-refractivity contribution in [3.05, 3.63) is 175 Å². The van der Waals surface area contributed by atoms with Crippen molar-refractivity contribution in [3.8, 4) is 22.3 Å². The maximum absolute atomic E-state index is 2.74. The Labute approximate surface area is 373 Å². The van der Waals surface area contributed by atoms with Gasteiger partial charge in [0, 0.05) is 34.1 Å². The predicted octanol–water partition coefficient (Wildman–Crippen LogP) is 13.3. The zero-order chi connectivity index (χ0) is 41.0. The highest BCUT2D eigenvalue weighted by molar-refractivity contribution is 7.00. The van der Waals surface area contributed by atoms with E-state index in [1.165, 1.54) is 137 Å². The topological polar surface area (TPSA) is 6.48 Å². The SMILES string of the molecule is c1ccc(-c2ccc(N3c4ccc(-c5ccccc5)cc4B4c5ccc(C67CC8CC(CC6C8)C7)cc5N(c5cccc(C67CC8CC(CC6C8)C7)c5)c5cccc3c54)cc2)cc1. The van der Waals surface area contributed by atoms with Crippen LogP contribution in [0.5, 0.6) is 0 Å². The molecule has 4 unspecified atom stereocenters. The van der Waals surface area contributed by atoms with Gasteiger partial charge in [-0.2, -0.15) is 0 Å². The van der Waals surface area contributed by atoms with Gasteiger partial charge in [0.05, 0.1) is 0 Å². The average molecular weight is 813 g/mol. The van der Waals surface area contributed by atoms with Crippen LogP contribution in [0.1, 0.15) is 75.3 Å². The first-order chi connectivity index (χ1) is 31.1. The molecule has 2 aliphatic heterocycles. The monoisotopic (exact) mass is 812 g/mol. The first-order valence-electron chi connectivity index (χ1n) is 24.4. The highest BCUT2D eigenvalue weighted by Gasteiger charge is 2.60. The van der Waals surface area contributed by atoms with E-state index in [1.54, 1.807) is 11.1 Å². The first kappa shape index (κ1) is 35.6. The van der Waals surface area contributed by atoms with Crippen molar-refractivity contribution in [2.24, 2.45) is 35.5 Å². The Morgan fingerprint density at radius 3 is 1.54 bits per heavy atom. The van der Waals surface area contributed by atoms with E-state index >= 15 is 0 Å². The molecule has 306 valence electrons. The van der Waals surface area contributed by atoms with Gasteiger partial charge in [-0.25, -0.2) is 0 Å². The molecule has 0 spiro atoms. The third-order valence-corrected chi connectivity index (χ3v) is 18.6. The Balaban J connectivity index is 0.958. The van der Waals surface area contributed by atoms with Crippen molar-refractivity contribution in [3.63, 3.8) is 0 Å². The summed E-state index contributed by atoms with van der Waals surface area (Å²) in [7, 11) is 0. The molecule has 7 aromatic carbocycles. The van der Waals surface area contributed by atoms with Gasteiger partial charge < -0.3 is 9.80 Å². The summed E-state index contributed by atoms with van der Waals surface area (Å²) in [6, 6.07) is 63.7. The van der Waals surface area contributed by atoms with Gasteiger partial charge in [-0.3, -0.25) is 0 Å². The minimum atomic E-state index is 0.104. The van der Waals surface area contributed by atoms with Gasteiger partial charge in [-0.05, 0) is 209 Å². The molecule has 3 heteroatoms. The second-order valence-electron chi connectivity index (χ2n) is 21.6. The Hall–Kier alpha value is -5.80. The van der Waals surface area contributed by atoms with Crippen LogP contribution in [0.2, 0.25) is 0 Å². The Bertz CT molecular complexity index is 2960. The summed E-state index contributed by atoms with van der Waals surface area (Å²) in [4.78, 5) is 5.31. The van der Waals surface area contributed by atoms with Crippen LogP contribution in [0, 0.1) is 35.5 Å². The summed E-state index contributed by atoms with van der Waals surface area (Å²) in [6.45, 7) is 0.104. The fourth-order valence-corrected chi connectivity index (χ4v) is 16.5. The zero-order valence-corrected chi connectivity index (χ0v) is 36.1. The van der Waals surface area contributed by atoms with Crippen molar-refractivity contribution in [1.82, 2.24) is 0 Å². The maximum Gasteiger partial charge on any atom is 0.252 e. The molecule has 17 rings (SSSR count). The van der Waals surface area contributed by atoms with Crippen LogP contribution in [-0.2, 0) is 10.8 Å². The molecule has 4 atom stereocenters. The third-order valence-electron chi connectivity index (χ3n) is 18.6. The van der Waals surface area contributed by atoms with Crippen molar-refractivity contribution in [2.45, 2.75) is 75.0 Å². The minimum absolute atomic E-state index is 0.104. The van der Waals surface area contributed by atoms with Gasteiger partial charge in [0.15, 0.2) is 0 Å². The summed E-state index contributed by atoms with van der Waals surface area (Å²) < 4.78 is 0. The molecule has 0 radical (unpaired) electrons. The molecule has 0 N–H and O–H groups in total. The van der Waals surface area contributed by atoms with Crippen LogP contribution in [0.3, 0.4) is 0 Å². The Kier molecular flexibility index (Phi) is 7.30. The summed E-state index contributed by atoms with van der Waals surface area (Å²) >= 11 is 0. The molecule has 2 nitrogen and oxygen atoms in total. The highest BCUT2D eigenvalue weighted by Crippen LogP contribution is 2.67. The van der Waals surface area contributed by atoms with E-state index in [0.29, 0.717) is 10.8 Å². The van der Waals surface area contributed by atoms with Gasteiger partial charge >= 0.3 is 0 Å². The van der Waals surface area contributed by atoms with Crippen LogP contribution >= 0.6 is 0 Å². The second kappa shape index (κ2) is 12.9. The number of hydrogen-bond donors (Lipinski definition) is 0. The van der Waals surface area contributed by atoms with E-state index in [-0.39, 0.29) is 6.71 Å². The quantitative estimate of drug-likeness (QED) is 0.154. The third kappa shape index (κ3) is 4.97. The highest BCUT2D eigenvalue weighted by atomic mass is 15.2. The number of rotatable bonds is 6. The van der Waals surface area contributed by atoms with E-state index in [2.05, 4.69) is 174 Å². The number of hydrogen-bond acceptors (Lipinski definition) is 2. The molecule has 7 aromatic rings. The normalized spacial score (nSPS) is 29.6. The molecule has 2 heterocycles. The Morgan fingerprint density at radius 2 is 0.905 bits per heavy atom. The van der Waals surface area contributed by atoms with Gasteiger partial charge in [0.2, 0.25) is 0 Å². The molecule has 8 aliphatic carbocycles. The summed E-state index contributed by atoms with van der Waals surface area (Å²) in [5.74, 6) is 5.39. The average Bonchev–Trinajstić information content (AvgIpc) is 3.94. The van der Waals surface area contributed by atoms with Gasteiger partial charge in [0.25, 0.3) is 6.71 Å². The van der Waals surface area contributed by atoms with E-state index in [9.17, 15) is 0 Å². The second-order valence-corrected chi connectivity index (χ2v) is 21.6. The van der Waals surface area contributed by atoms with Gasteiger partial charge in [0.1, 0.15) is 0 Å². The van der Waals surface area contributed by atoms with E-state index in [1.807, 2.05) is 0 Å². The van der Waals surface area contributed by atoms with Crippen LogP contribution in [-0.4, -0.2) is 6.71 Å². The molecule has 0 aromatic heterocycles. The number of nitrogens with zero attached hydrogens (tertiary/aromatic N) is 2. The molecular formula is C60H53BN2. The largest absolute Gasteiger partial charge is 0.311 e. The predicted molar refractivity (Wildman–Crippen MR) is 262 cm³/mol. The lowest BCUT2D eigenvalue weighted by molar-refractivity contribution is 0.266. The lowest BCUT2D eigenvalue weighted by Gasteiger charge is -2.45. The fourth-order valence-electron chi connectivity index (χ4n) is 16.5. The smallest absolute Gasteiger partial charge is 0.252 e. The van der Waals surface area contributed by atoms with Gasteiger partial charge in [-0.1, -0.05) is 115 Å². The van der Waals surface area contributed by atoms with Crippen LogP contribution in [0.15, 0.2) is 164 Å². The standard InChI is InChI=1S/C60H53BN2/c1-3-9-42(10-4-1)44-17-21-50(22-18-44)62-54-24-19-45(43-11-5-2-6-12-43)31-53(54)61-52-23-20-47(60-36-40-26-41(37-60)30-49(60)29-40)33-57(52)63(56-16-8-15-55(62)58(56)61)51-14-7-13-46(32-51)59-34-38-25-39(35-59)28-48(59)27-38/h1-24,31-33,38-41,48-49H,25-30,34-37H2. The molecular weight excluding hydrogens is 759 g/mol. The number of anilines is 6. The van der Waals surface area contributed by atoms with E-state index in [4.69, 9.17) is 0 Å². The molecule has 0 saturated heterocycles. The molecule has 8 bridgehead atoms. The van der Waals surface area contributed by atoms with Crippen molar-refractivity contribution in [1.29, 1.82) is 0 Å². The lowest BCUT2D eigenvalue weighted by atomic mass is 9.33. The lowest BCUT2D eigenvalue weighted by Crippen LogP contribution is -2.61. The van der Waals surface area contributed by atoms with Crippen LogP contribution in [0.25, 0.3) is 22.3 Å². The molecule has 0 amide bonds. The van der Waals surface area contributed by atoms with Gasteiger partial charge in [-0.15, -0.1) is 0 Å². The maximum atomic E-state index is 2.74. The van der Waals surface area contributed by atoms with Crippen LogP contribution in [0.4, 0.5) is 34.1 Å². The van der Waals surface area contributed by atoms with E-state index in [0.717, 1.165) is 35.5 Å². The van der Waals surface area contributed by atoms with Crippen molar-refractivity contribution in [2.75, 3.05) is 9.80 Å². The van der Waals surface area contributed by atoms with Crippen molar-refractivity contribution < 1.29 is 0 Å². The summed E-state index contributed by atoms with van der Waals surface area (Å²) in [6.07, 6.45) is 14.3. The van der Waals surface area contributed by atoms with Crippen LogP contribution < -0.4 is 26.2 Å². The minimum Gasteiger partial charge on any atom is -0.311 e. The van der Waals surface area contributed by atoms with Crippen molar-refractivity contribution >= 4 is 57.2 Å².